The molecule has 1 aromatic carbocycles. The molecule has 0 saturated carbocycles. The maximum absolute atomic E-state index is 12.0. The average molecular weight is 387 g/mol. The number of rotatable bonds is 9. The third kappa shape index (κ3) is 4.76. The molecule has 1 N–H and O–H groups in total. The van der Waals surface area contributed by atoms with Crippen LogP contribution < -0.4 is 10.1 Å². The van der Waals surface area contributed by atoms with Crippen LogP contribution in [-0.2, 0) is 14.4 Å². The van der Waals surface area contributed by atoms with Gasteiger partial charge in [-0.3, -0.25) is 19.3 Å². The van der Waals surface area contributed by atoms with Crippen molar-refractivity contribution < 1.29 is 23.9 Å². The van der Waals surface area contributed by atoms with Gasteiger partial charge in [0.15, 0.2) is 0 Å². The van der Waals surface area contributed by atoms with Gasteiger partial charge in [0.05, 0.1) is 6.61 Å². The summed E-state index contributed by atoms with van der Waals surface area (Å²) < 4.78 is 5.77. The molecule has 0 spiro atoms. The number of hydrogen-bond acceptors (Lipinski definition) is 5. The van der Waals surface area contributed by atoms with Crippen LogP contribution in [0.15, 0.2) is 24.8 Å². The van der Waals surface area contributed by atoms with Crippen molar-refractivity contribution in [2.24, 2.45) is 0 Å². The molecule has 1 aliphatic rings. The molecule has 0 atom stereocenters. The predicted octanol–water partition coefficient (Wildman–Crippen LogP) is 1.47. The van der Waals surface area contributed by atoms with E-state index in [4.69, 9.17) is 4.74 Å². The van der Waals surface area contributed by atoms with Gasteiger partial charge < -0.3 is 10.1 Å². The minimum atomic E-state index is -1.00. The normalized spacial score (nSPS) is 13.9. The van der Waals surface area contributed by atoms with Gasteiger partial charge in [-0.25, -0.2) is 9.69 Å². The molecule has 0 bridgehead atoms. The van der Waals surface area contributed by atoms with E-state index in [9.17, 15) is 19.2 Å². The van der Waals surface area contributed by atoms with Gasteiger partial charge in [0.25, 0.3) is 0 Å². The summed E-state index contributed by atoms with van der Waals surface area (Å²) in [5, 5.41) is 2.62. The highest BCUT2D eigenvalue weighted by Crippen LogP contribution is 2.23. The van der Waals surface area contributed by atoms with Gasteiger partial charge in [-0.2, -0.15) is 0 Å². The van der Waals surface area contributed by atoms with E-state index in [1.807, 2.05) is 26.8 Å². The number of carbonyl (C=O) groups excluding carboxylic acids is 4. The highest BCUT2D eigenvalue weighted by molar-refractivity contribution is 6.45. The highest BCUT2D eigenvalue weighted by atomic mass is 16.5. The lowest BCUT2D eigenvalue weighted by molar-refractivity contribution is -0.143. The number of carbonyl (C=O) groups is 4. The third-order valence-corrected chi connectivity index (χ3v) is 4.41. The van der Waals surface area contributed by atoms with Gasteiger partial charge in [0.1, 0.15) is 12.3 Å². The molecule has 1 saturated heterocycles. The Bertz CT molecular complexity index is 818. The molecule has 8 nitrogen and oxygen atoms in total. The first kappa shape index (κ1) is 21.1. The molecule has 1 aliphatic heterocycles. The number of amides is 5. The Kier molecular flexibility index (Phi) is 6.92. The third-order valence-electron chi connectivity index (χ3n) is 4.41. The van der Waals surface area contributed by atoms with E-state index < -0.39 is 30.3 Å². The smallest absolute Gasteiger partial charge is 0.335 e. The highest BCUT2D eigenvalue weighted by Gasteiger charge is 2.44. The van der Waals surface area contributed by atoms with E-state index >= 15 is 0 Å². The monoisotopic (exact) mass is 387 g/mol. The van der Waals surface area contributed by atoms with Crippen LogP contribution >= 0.6 is 0 Å². The van der Waals surface area contributed by atoms with E-state index in [2.05, 4.69) is 18.0 Å². The Hall–Kier alpha value is -3.16. The van der Waals surface area contributed by atoms with Crippen LogP contribution in [0.25, 0.3) is 0 Å². The Morgan fingerprint density at radius 1 is 1.14 bits per heavy atom. The molecule has 8 heteroatoms. The lowest BCUT2D eigenvalue weighted by Gasteiger charge is -2.14. The summed E-state index contributed by atoms with van der Waals surface area (Å²) in [6.07, 6.45) is 1.89. The molecule has 0 unspecified atom stereocenters. The van der Waals surface area contributed by atoms with Crippen molar-refractivity contribution >= 4 is 23.8 Å². The minimum absolute atomic E-state index is 0.0727. The van der Waals surface area contributed by atoms with Crippen LogP contribution in [0.3, 0.4) is 0 Å². The predicted molar refractivity (Wildman–Crippen MR) is 103 cm³/mol. The number of benzene rings is 1. The molecule has 2 rings (SSSR count). The second-order valence-corrected chi connectivity index (χ2v) is 6.64. The summed E-state index contributed by atoms with van der Waals surface area (Å²) in [5.74, 6) is -1.65. The van der Waals surface area contributed by atoms with Crippen molar-refractivity contribution in [2.45, 2.75) is 27.2 Å². The molecule has 1 heterocycles. The molecule has 0 radical (unpaired) electrons. The Morgan fingerprint density at radius 3 is 2.50 bits per heavy atom. The number of aryl methyl sites for hydroxylation is 2. The standard InChI is InChI=1S/C20H25N3O5/c1-5-8-22-18(25)19(26)23(20(22)27)12-17(24)21-7-6-9-28-16-11-13(2)10-14(3)15(16)4/h5,10-11H,1,6-9,12H2,2-4H3,(H,21,24). The minimum Gasteiger partial charge on any atom is -0.493 e. The maximum atomic E-state index is 12.0. The van der Waals surface area contributed by atoms with Crippen LogP contribution in [-0.4, -0.2) is 59.8 Å². The van der Waals surface area contributed by atoms with Crippen molar-refractivity contribution in [3.63, 3.8) is 0 Å². The quantitative estimate of drug-likeness (QED) is 0.300. The van der Waals surface area contributed by atoms with Crippen molar-refractivity contribution in [1.82, 2.24) is 15.1 Å². The number of ether oxygens (including phenoxy) is 1. The van der Waals surface area contributed by atoms with E-state index in [0.717, 1.165) is 27.3 Å². The average Bonchev–Trinajstić information content (AvgIpc) is 2.83. The van der Waals surface area contributed by atoms with Gasteiger partial charge in [-0.1, -0.05) is 12.1 Å². The first-order valence-electron chi connectivity index (χ1n) is 9.01. The van der Waals surface area contributed by atoms with Crippen LogP contribution in [0.4, 0.5) is 4.79 Å². The van der Waals surface area contributed by atoms with E-state index in [1.54, 1.807) is 0 Å². The number of urea groups is 1. The molecular weight excluding hydrogens is 362 g/mol. The van der Waals surface area contributed by atoms with Crippen LogP contribution in [0, 0.1) is 20.8 Å². The lowest BCUT2D eigenvalue weighted by atomic mass is 10.1. The molecule has 1 aromatic rings. The first-order valence-corrected chi connectivity index (χ1v) is 9.01. The van der Waals surface area contributed by atoms with E-state index in [0.29, 0.717) is 24.5 Å². The molecule has 28 heavy (non-hydrogen) atoms. The van der Waals surface area contributed by atoms with Gasteiger partial charge in [-0.05, 0) is 49.9 Å². The fourth-order valence-corrected chi connectivity index (χ4v) is 2.81. The number of nitrogens with zero attached hydrogens (tertiary/aromatic N) is 2. The fourth-order valence-electron chi connectivity index (χ4n) is 2.81. The summed E-state index contributed by atoms with van der Waals surface area (Å²) >= 11 is 0. The van der Waals surface area contributed by atoms with E-state index in [-0.39, 0.29) is 6.54 Å². The molecular formula is C20H25N3O5. The Labute approximate surface area is 164 Å². The zero-order valence-corrected chi connectivity index (χ0v) is 16.4. The summed E-state index contributed by atoms with van der Waals surface area (Å²) in [4.78, 5) is 49.0. The van der Waals surface area contributed by atoms with Gasteiger partial charge >= 0.3 is 17.8 Å². The summed E-state index contributed by atoms with van der Waals surface area (Å²) in [7, 11) is 0. The lowest BCUT2D eigenvalue weighted by Crippen LogP contribution is -2.41. The molecule has 0 aromatic heterocycles. The Morgan fingerprint density at radius 2 is 1.82 bits per heavy atom. The second-order valence-electron chi connectivity index (χ2n) is 6.64. The summed E-state index contributed by atoms with van der Waals surface area (Å²) in [5.41, 5.74) is 3.35. The Balaban J connectivity index is 1.76. The van der Waals surface area contributed by atoms with Crippen molar-refractivity contribution in [1.29, 1.82) is 0 Å². The topological polar surface area (TPSA) is 96.0 Å². The molecule has 0 aliphatic carbocycles. The fraction of sp³-hybridized carbons (Fsp3) is 0.400. The molecule has 1 fully saturated rings. The van der Waals surface area contributed by atoms with Crippen molar-refractivity contribution in [3.05, 3.63) is 41.5 Å². The van der Waals surface area contributed by atoms with Crippen LogP contribution in [0.5, 0.6) is 5.75 Å². The van der Waals surface area contributed by atoms with Gasteiger partial charge in [0, 0.05) is 13.1 Å². The SMILES string of the molecule is C=CCN1C(=O)C(=O)N(CC(=O)NCCCOc2cc(C)cc(C)c2C)C1=O. The van der Waals surface area contributed by atoms with Crippen LogP contribution in [0.2, 0.25) is 0 Å². The number of nitrogens with one attached hydrogen (secondary N) is 1. The zero-order chi connectivity index (χ0) is 20.8. The number of imide groups is 2. The van der Waals surface area contributed by atoms with Crippen LogP contribution in [0.1, 0.15) is 23.1 Å². The summed E-state index contributed by atoms with van der Waals surface area (Å²) in [6.45, 7) is 9.62. The zero-order valence-electron chi connectivity index (χ0n) is 16.4. The van der Waals surface area contributed by atoms with Gasteiger partial charge in [-0.15, -0.1) is 6.58 Å². The van der Waals surface area contributed by atoms with Gasteiger partial charge in [0.2, 0.25) is 5.91 Å². The summed E-state index contributed by atoms with van der Waals surface area (Å²) in [6, 6.07) is 3.25. The van der Waals surface area contributed by atoms with Crippen molar-refractivity contribution in [3.8, 4) is 5.75 Å². The molecule has 150 valence electrons. The second kappa shape index (κ2) is 9.16. The van der Waals surface area contributed by atoms with Crippen molar-refractivity contribution in [2.75, 3.05) is 26.2 Å². The first-order chi connectivity index (χ1) is 13.3. The molecule has 5 amide bonds. The van der Waals surface area contributed by atoms with E-state index in [1.165, 1.54) is 6.08 Å². The maximum Gasteiger partial charge on any atom is 0.335 e. The largest absolute Gasteiger partial charge is 0.493 e. The number of hydrogen-bond donors (Lipinski definition) is 1.